The van der Waals surface area contributed by atoms with Crippen LogP contribution in [-0.2, 0) is 4.74 Å². The van der Waals surface area contributed by atoms with Gasteiger partial charge >= 0.3 is 5.97 Å². The Labute approximate surface area is 222 Å². The second kappa shape index (κ2) is 12.1. The molecule has 0 amide bonds. The maximum atomic E-state index is 15.1. The zero-order chi connectivity index (χ0) is 28.3. The van der Waals surface area contributed by atoms with Crippen molar-refractivity contribution in [2.24, 2.45) is 0 Å². The van der Waals surface area contributed by atoms with Gasteiger partial charge in [0.15, 0.2) is 34.8 Å². The number of ether oxygens (including phenoxy) is 2. The van der Waals surface area contributed by atoms with Crippen LogP contribution in [0, 0.1) is 41.8 Å². The molecule has 0 atom stereocenters. The third-order valence-electron chi connectivity index (χ3n) is 7.09. The highest BCUT2D eigenvalue weighted by Gasteiger charge is 2.30. The lowest BCUT2D eigenvalue weighted by Gasteiger charge is -2.29. The van der Waals surface area contributed by atoms with Crippen LogP contribution in [0.25, 0.3) is 11.1 Å². The van der Waals surface area contributed by atoms with Crippen molar-refractivity contribution < 1.29 is 40.6 Å². The Balaban J connectivity index is 1.44. The summed E-state index contributed by atoms with van der Waals surface area (Å²) in [6.45, 7) is 3.49. The first-order valence-electron chi connectivity index (χ1n) is 12.9. The summed E-state index contributed by atoms with van der Waals surface area (Å²) < 4.78 is 97.9. The van der Waals surface area contributed by atoms with Crippen molar-refractivity contribution in [3.63, 3.8) is 0 Å². The number of hydrogen-bond acceptors (Lipinski definition) is 3. The Bertz CT molecular complexity index is 1370. The molecule has 3 nitrogen and oxygen atoms in total. The molecular weight excluding hydrogens is 522 g/mol. The van der Waals surface area contributed by atoms with Crippen LogP contribution in [0.3, 0.4) is 0 Å². The van der Waals surface area contributed by atoms with Gasteiger partial charge in [-0.2, -0.15) is 4.39 Å². The summed E-state index contributed by atoms with van der Waals surface area (Å²) >= 11 is 0. The van der Waals surface area contributed by atoms with Crippen LogP contribution in [0.2, 0.25) is 0 Å². The predicted molar refractivity (Wildman–Crippen MR) is 134 cm³/mol. The van der Waals surface area contributed by atoms with Gasteiger partial charge < -0.3 is 9.47 Å². The van der Waals surface area contributed by atoms with Gasteiger partial charge in [0.25, 0.3) is 0 Å². The van der Waals surface area contributed by atoms with Gasteiger partial charge in [0.2, 0.25) is 5.82 Å². The number of unbranched alkanes of at least 4 members (excludes halogenated alkanes) is 1. The van der Waals surface area contributed by atoms with E-state index in [1.165, 1.54) is 31.2 Å². The van der Waals surface area contributed by atoms with E-state index in [9.17, 15) is 22.4 Å². The first kappa shape index (κ1) is 28.5. The number of aryl methyl sites for hydroxylation is 1. The zero-order valence-electron chi connectivity index (χ0n) is 21.6. The topological polar surface area (TPSA) is 35.5 Å². The third kappa shape index (κ3) is 5.92. The summed E-state index contributed by atoms with van der Waals surface area (Å²) in [5.74, 6) is -9.15. The maximum absolute atomic E-state index is 15.1. The molecule has 1 saturated carbocycles. The molecule has 1 aliphatic carbocycles. The largest absolute Gasteiger partial charge is 0.490 e. The van der Waals surface area contributed by atoms with Crippen molar-refractivity contribution >= 4 is 5.97 Å². The highest BCUT2D eigenvalue weighted by Crippen LogP contribution is 2.39. The molecular formula is C30H28F6O3. The first-order valence-corrected chi connectivity index (χ1v) is 12.9. The number of carbonyl (C=O) groups excluding carboxylic acids is 1. The van der Waals surface area contributed by atoms with E-state index in [2.05, 4.69) is 0 Å². The van der Waals surface area contributed by atoms with Crippen LogP contribution in [0.4, 0.5) is 26.3 Å². The number of halogens is 6. The lowest BCUT2D eigenvalue weighted by Crippen LogP contribution is -2.25. The molecule has 39 heavy (non-hydrogen) atoms. The quantitative estimate of drug-likeness (QED) is 0.160. The number of benzene rings is 3. The number of hydrogen-bond donors (Lipinski definition) is 0. The summed E-state index contributed by atoms with van der Waals surface area (Å²) in [4.78, 5) is 12.4. The molecule has 208 valence electrons. The number of carbonyl (C=O) groups is 1. The van der Waals surface area contributed by atoms with Gasteiger partial charge in [0.1, 0.15) is 6.10 Å². The SMILES string of the molecule is CCCCOc1ccc(-c2ccc(C3CCC(OC(=O)c4ccc(C)c(F)c4F)CC3)c(F)c2F)c(F)c1F. The van der Waals surface area contributed by atoms with E-state index in [1.807, 2.05) is 6.92 Å². The summed E-state index contributed by atoms with van der Waals surface area (Å²) in [5.41, 5.74) is -1.20. The van der Waals surface area contributed by atoms with E-state index in [-0.39, 0.29) is 23.5 Å². The number of esters is 1. The van der Waals surface area contributed by atoms with Gasteiger partial charge in [-0.1, -0.05) is 31.5 Å². The normalized spacial score (nSPS) is 17.2. The first-order chi connectivity index (χ1) is 18.6. The molecule has 0 bridgehead atoms. The Morgan fingerprint density at radius 2 is 1.41 bits per heavy atom. The highest BCUT2D eigenvalue weighted by molar-refractivity contribution is 5.90. The van der Waals surface area contributed by atoms with Crippen LogP contribution in [0.15, 0.2) is 36.4 Å². The Hall–Kier alpha value is -3.49. The minimum Gasteiger partial charge on any atom is -0.490 e. The molecule has 0 aromatic heterocycles. The Kier molecular flexibility index (Phi) is 8.87. The van der Waals surface area contributed by atoms with E-state index in [0.29, 0.717) is 32.1 Å². The maximum Gasteiger partial charge on any atom is 0.341 e. The van der Waals surface area contributed by atoms with E-state index in [0.717, 1.165) is 18.6 Å². The van der Waals surface area contributed by atoms with Crippen LogP contribution >= 0.6 is 0 Å². The molecule has 3 aromatic carbocycles. The average Bonchev–Trinajstić information content (AvgIpc) is 2.92. The molecule has 1 aliphatic rings. The zero-order valence-corrected chi connectivity index (χ0v) is 21.6. The minimum absolute atomic E-state index is 0.0612. The van der Waals surface area contributed by atoms with Crippen molar-refractivity contribution in [2.75, 3.05) is 6.61 Å². The van der Waals surface area contributed by atoms with Gasteiger partial charge in [-0.3, -0.25) is 0 Å². The van der Waals surface area contributed by atoms with Crippen molar-refractivity contribution in [2.45, 2.75) is 64.4 Å². The molecule has 9 heteroatoms. The molecule has 0 radical (unpaired) electrons. The van der Waals surface area contributed by atoms with E-state index in [1.54, 1.807) is 0 Å². The number of rotatable bonds is 8. The fourth-order valence-electron chi connectivity index (χ4n) is 4.78. The van der Waals surface area contributed by atoms with Gasteiger partial charge in [-0.15, -0.1) is 0 Å². The minimum atomic E-state index is -1.33. The highest BCUT2D eigenvalue weighted by atomic mass is 19.2. The second-order valence-corrected chi connectivity index (χ2v) is 9.71. The standard InChI is InChI=1S/C30H28F6O3/c1-3-4-15-38-23-14-13-21(27(34)29(23)36)20-12-11-19(25(32)26(20)33)17-6-8-18(9-7-17)39-30(37)22-10-5-16(2)24(31)28(22)35/h5,10-14,17-18H,3-4,6-9,15H2,1-2H3. The molecule has 0 heterocycles. The summed E-state index contributed by atoms with van der Waals surface area (Å²) in [5, 5.41) is 0. The van der Waals surface area contributed by atoms with Crippen molar-refractivity contribution in [3.05, 3.63) is 88.0 Å². The molecule has 0 aliphatic heterocycles. The van der Waals surface area contributed by atoms with Gasteiger partial charge in [-0.05, 0) is 74.3 Å². The fourth-order valence-corrected chi connectivity index (χ4v) is 4.78. The molecule has 0 N–H and O–H groups in total. The molecule has 3 aromatic rings. The van der Waals surface area contributed by atoms with Crippen LogP contribution in [0.1, 0.15) is 72.9 Å². The van der Waals surface area contributed by atoms with E-state index < -0.39 is 69.6 Å². The monoisotopic (exact) mass is 550 g/mol. The Morgan fingerprint density at radius 1 is 0.769 bits per heavy atom. The smallest absolute Gasteiger partial charge is 0.341 e. The molecule has 4 rings (SSSR count). The van der Waals surface area contributed by atoms with E-state index in [4.69, 9.17) is 9.47 Å². The van der Waals surface area contributed by atoms with Crippen LogP contribution in [-0.4, -0.2) is 18.7 Å². The summed E-state index contributed by atoms with van der Waals surface area (Å²) in [7, 11) is 0. The predicted octanol–water partition coefficient (Wildman–Crippen LogP) is 8.56. The van der Waals surface area contributed by atoms with Crippen molar-refractivity contribution in [3.8, 4) is 16.9 Å². The molecule has 0 spiro atoms. The van der Waals surface area contributed by atoms with Crippen molar-refractivity contribution in [1.82, 2.24) is 0 Å². The van der Waals surface area contributed by atoms with Gasteiger partial charge in [0.05, 0.1) is 12.2 Å². The molecule has 1 fully saturated rings. The van der Waals surface area contributed by atoms with Crippen LogP contribution in [0.5, 0.6) is 5.75 Å². The summed E-state index contributed by atoms with van der Waals surface area (Å²) in [6, 6.07) is 7.34. The lowest BCUT2D eigenvalue weighted by atomic mass is 9.82. The second-order valence-electron chi connectivity index (χ2n) is 9.71. The third-order valence-corrected chi connectivity index (χ3v) is 7.09. The molecule has 0 unspecified atom stereocenters. The van der Waals surface area contributed by atoms with Crippen molar-refractivity contribution in [1.29, 1.82) is 0 Å². The fraction of sp³-hybridized carbons (Fsp3) is 0.367. The van der Waals surface area contributed by atoms with Crippen LogP contribution < -0.4 is 4.74 Å². The van der Waals surface area contributed by atoms with E-state index >= 15 is 8.78 Å². The molecule has 0 saturated heterocycles. The Morgan fingerprint density at radius 3 is 2.08 bits per heavy atom. The average molecular weight is 551 g/mol. The van der Waals surface area contributed by atoms with Gasteiger partial charge in [-0.25, -0.2) is 26.7 Å². The lowest BCUT2D eigenvalue weighted by molar-refractivity contribution is 0.0188. The summed E-state index contributed by atoms with van der Waals surface area (Å²) in [6.07, 6.45) is 2.14. The van der Waals surface area contributed by atoms with Gasteiger partial charge in [0, 0.05) is 11.1 Å².